The van der Waals surface area contributed by atoms with Crippen LogP contribution in [0.1, 0.15) is 6.42 Å². The first-order chi connectivity index (χ1) is 8.08. The van der Waals surface area contributed by atoms with Crippen LogP contribution in [0.15, 0.2) is 23.5 Å². The molecule has 0 amide bonds. The van der Waals surface area contributed by atoms with E-state index in [4.69, 9.17) is 0 Å². The van der Waals surface area contributed by atoms with Gasteiger partial charge in [0.25, 0.3) is 5.83 Å². The lowest BCUT2D eigenvalue weighted by Crippen LogP contribution is -2.36. The van der Waals surface area contributed by atoms with Crippen molar-refractivity contribution < 1.29 is 36.0 Å². The molecule has 1 aliphatic rings. The molecule has 10 heteroatoms. The molecule has 4 nitrogen and oxygen atoms in total. The first-order valence-corrected chi connectivity index (χ1v) is 4.37. The monoisotopic (exact) mass is 277 g/mol. The summed E-state index contributed by atoms with van der Waals surface area (Å²) in [4.78, 5) is 8.56. The molecule has 0 heterocycles. The molecule has 0 fully saturated rings. The third kappa shape index (κ3) is 2.74. The van der Waals surface area contributed by atoms with Gasteiger partial charge < -0.3 is 4.74 Å². The van der Waals surface area contributed by atoms with Gasteiger partial charge in [-0.05, 0) is 6.08 Å². The minimum Gasteiger partial charge on any atom is -0.478 e. The maximum atomic E-state index is 13.4. The van der Waals surface area contributed by atoms with E-state index in [2.05, 4.69) is 4.74 Å². The van der Waals surface area contributed by atoms with Gasteiger partial charge in [0.1, 0.15) is 0 Å². The second-order valence-corrected chi connectivity index (χ2v) is 3.32. The molecule has 18 heavy (non-hydrogen) atoms. The zero-order chi connectivity index (χ0) is 14.1. The van der Waals surface area contributed by atoms with Crippen molar-refractivity contribution in [3.05, 3.63) is 33.6 Å². The Bertz CT molecular complexity index is 429. The van der Waals surface area contributed by atoms with Crippen molar-refractivity contribution in [2.24, 2.45) is 0 Å². The fourth-order valence-corrected chi connectivity index (χ4v) is 1.13. The Morgan fingerprint density at radius 3 is 2.44 bits per heavy atom. The second kappa shape index (κ2) is 4.50. The van der Waals surface area contributed by atoms with E-state index in [1.54, 1.807) is 0 Å². The van der Waals surface area contributed by atoms with Gasteiger partial charge in [-0.1, -0.05) is 0 Å². The first-order valence-electron chi connectivity index (χ1n) is 4.37. The Morgan fingerprint density at radius 1 is 1.44 bits per heavy atom. The Kier molecular flexibility index (Phi) is 3.58. The lowest BCUT2D eigenvalue weighted by Gasteiger charge is -2.20. The van der Waals surface area contributed by atoms with Gasteiger partial charge >= 0.3 is 12.0 Å². The molecule has 1 unspecified atom stereocenters. The molecule has 0 aromatic carbocycles. The fourth-order valence-electron chi connectivity index (χ4n) is 1.13. The van der Waals surface area contributed by atoms with Gasteiger partial charge in [0.2, 0.25) is 0 Å². The molecule has 1 rings (SSSR count). The standard InChI is InChI=1S/C8H5F6NO3/c9-4-1-2-7(11,15(16)17)6(10)5(4)18-3-8(12,13)14/h1H,2-3H2. The normalized spacial score (nSPS) is 24.9. The molecule has 1 aliphatic carbocycles. The maximum absolute atomic E-state index is 13.4. The summed E-state index contributed by atoms with van der Waals surface area (Å²) < 4.78 is 78.7. The van der Waals surface area contributed by atoms with Crippen LogP contribution >= 0.6 is 0 Å². The Hall–Kier alpha value is -1.74. The predicted molar refractivity (Wildman–Crippen MR) is 44.8 cm³/mol. The number of hydrogen-bond donors (Lipinski definition) is 0. The summed E-state index contributed by atoms with van der Waals surface area (Å²) in [7, 11) is 0. The largest absolute Gasteiger partial charge is 0.478 e. The average Bonchev–Trinajstić information content (AvgIpc) is 2.22. The molecule has 0 N–H and O–H groups in total. The number of hydrogen-bond acceptors (Lipinski definition) is 3. The number of alkyl halides is 4. The lowest BCUT2D eigenvalue weighted by atomic mass is 10.0. The summed E-state index contributed by atoms with van der Waals surface area (Å²) in [6, 6.07) is 0. The van der Waals surface area contributed by atoms with Gasteiger partial charge in [0.05, 0.1) is 11.3 Å². The van der Waals surface area contributed by atoms with Crippen LogP contribution < -0.4 is 0 Å². The molecular formula is C8H5F6NO3. The van der Waals surface area contributed by atoms with Gasteiger partial charge in [0.15, 0.2) is 18.2 Å². The highest BCUT2D eigenvalue weighted by atomic mass is 19.4. The minimum absolute atomic E-state index is 0.248. The average molecular weight is 277 g/mol. The fraction of sp³-hybridized carbons (Fsp3) is 0.500. The zero-order valence-electron chi connectivity index (χ0n) is 8.43. The lowest BCUT2D eigenvalue weighted by molar-refractivity contribution is -0.596. The van der Waals surface area contributed by atoms with Crippen LogP contribution in [0.5, 0.6) is 0 Å². The van der Waals surface area contributed by atoms with Crippen LogP contribution in [-0.2, 0) is 4.74 Å². The quantitative estimate of drug-likeness (QED) is 0.345. The summed E-state index contributed by atoms with van der Waals surface area (Å²) in [5, 5.41) is 10.3. The molecule has 0 aromatic heterocycles. The predicted octanol–water partition coefficient (Wildman–Crippen LogP) is 2.95. The molecule has 0 bridgehead atoms. The molecule has 0 saturated carbocycles. The highest BCUT2D eigenvalue weighted by Gasteiger charge is 2.53. The van der Waals surface area contributed by atoms with Crippen LogP contribution in [0.3, 0.4) is 0 Å². The number of allylic oxidation sites excluding steroid dienone is 1. The van der Waals surface area contributed by atoms with Crippen LogP contribution in [0.25, 0.3) is 0 Å². The van der Waals surface area contributed by atoms with Gasteiger partial charge in [-0.15, -0.1) is 0 Å². The first kappa shape index (κ1) is 14.3. The van der Waals surface area contributed by atoms with Crippen molar-refractivity contribution in [2.75, 3.05) is 6.61 Å². The Balaban J connectivity index is 3.04. The van der Waals surface area contributed by atoms with Gasteiger partial charge in [0, 0.05) is 0 Å². The number of nitro groups is 1. The van der Waals surface area contributed by atoms with Gasteiger partial charge in [-0.25, -0.2) is 4.39 Å². The van der Waals surface area contributed by atoms with E-state index in [9.17, 15) is 36.5 Å². The van der Waals surface area contributed by atoms with Crippen LogP contribution in [0.4, 0.5) is 26.3 Å². The highest BCUT2D eigenvalue weighted by Crippen LogP contribution is 2.39. The molecular weight excluding hydrogens is 272 g/mol. The van der Waals surface area contributed by atoms with Crippen molar-refractivity contribution in [3.8, 4) is 0 Å². The molecule has 0 aliphatic heterocycles. The molecule has 0 aromatic rings. The minimum atomic E-state index is -4.92. The smallest absolute Gasteiger partial charge is 0.422 e. The van der Waals surface area contributed by atoms with Gasteiger partial charge in [-0.3, -0.25) is 10.1 Å². The molecule has 102 valence electrons. The molecule has 0 radical (unpaired) electrons. The van der Waals surface area contributed by atoms with Crippen LogP contribution in [0.2, 0.25) is 0 Å². The van der Waals surface area contributed by atoms with Crippen LogP contribution in [-0.4, -0.2) is 23.5 Å². The third-order valence-corrected chi connectivity index (χ3v) is 1.97. The molecule has 0 spiro atoms. The summed E-state index contributed by atoms with van der Waals surface area (Å²) >= 11 is 0. The van der Waals surface area contributed by atoms with E-state index < -0.39 is 47.3 Å². The number of nitrogens with zero attached hydrogens (tertiary/aromatic N) is 1. The number of ether oxygens (including phenoxy) is 1. The van der Waals surface area contributed by atoms with E-state index in [0.29, 0.717) is 0 Å². The summed E-state index contributed by atoms with van der Waals surface area (Å²) in [6.07, 6.45) is -5.94. The van der Waals surface area contributed by atoms with Crippen molar-refractivity contribution in [1.82, 2.24) is 0 Å². The van der Waals surface area contributed by atoms with Gasteiger partial charge in [-0.2, -0.15) is 22.0 Å². The second-order valence-electron chi connectivity index (χ2n) is 3.32. The van der Waals surface area contributed by atoms with Crippen molar-refractivity contribution in [3.63, 3.8) is 0 Å². The Morgan fingerprint density at radius 2 is 2.00 bits per heavy atom. The van der Waals surface area contributed by atoms with Crippen LogP contribution in [0, 0.1) is 10.1 Å². The molecule has 1 atom stereocenters. The topological polar surface area (TPSA) is 52.4 Å². The van der Waals surface area contributed by atoms with Crippen molar-refractivity contribution >= 4 is 0 Å². The van der Waals surface area contributed by atoms with Crippen molar-refractivity contribution in [1.29, 1.82) is 0 Å². The van der Waals surface area contributed by atoms with E-state index in [1.807, 2.05) is 0 Å². The zero-order valence-corrected chi connectivity index (χ0v) is 8.43. The highest BCUT2D eigenvalue weighted by molar-refractivity contribution is 5.31. The van der Waals surface area contributed by atoms with Crippen molar-refractivity contribution in [2.45, 2.75) is 18.4 Å². The van der Waals surface area contributed by atoms with E-state index in [0.717, 1.165) is 0 Å². The van der Waals surface area contributed by atoms with E-state index in [-0.39, 0.29) is 6.08 Å². The Labute approximate surface area is 95.7 Å². The molecule has 0 saturated heterocycles. The third-order valence-electron chi connectivity index (χ3n) is 1.97. The maximum Gasteiger partial charge on any atom is 0.422 e. The number of halogens is 6. The number of rotatable bonds is 3. The SMILES string of the molecule is O=[N+]([O-])C1(F)CC=C(F)C(OCC(F)(F)F)=C1F. The summed E-state index contributed by atoms with van der Waals surface area (Å²) in [5.74, 6) is -9.49. The van der Waals surface area contributed by atoms with E-state index in [1.165, 1.54) is 0 Å². The summed E-state index contributed by atoms with van der Waals surface area (Å²) in [6.45, 7) is -2.09. The van der Waals surface area contributed by atoms with E-state index >= 15 is 0 Å². The summed E-state index contributed by atoms with van der Waals surface area (Å²) in [5.41, 5.74) is 0.